The molecule has 180 valence electrons. The fraction of sp³-hybridized carbons (Fsp3) is 0.455. The zero-order valence-corrected chi connectivity index (χ0v) is 18.0. The topological polar surface area (TPSA) is 45.7 Å². The predicted molar refractivity (Wildman–Crippen MR) is 108 cm³/mol. The van der Waals surface area contributed by atoms with Crippen molar-refractivity contribution in [3.8, 4) is 11.3 Å². The lowest BCUT2D eigenvalue weighted by molar-refractivity contribution is -0.308. The van der Waals surface area contributed by atoms with Gasteiger partial charge < -0.3 is 9.64 Å². The molecule has 1 aromatic carbocycles. The van der Waals surface area contributed by atoms with E-state index in [0.29, 0.717) is 19.6 Å². The Morgan fingerprint density at radius 2 is 1.64 bits per heavy atom. The number of benzene rings is 1. The van der Waals surface area contributed by atoms with E-state index >= 15 is 0 Å². The molecule has 0 aliphatic carbocycles. The van der Waals surface area contributed by atoms with E-state index in [1.807, 2.05) is 55.1 Å². The number of carbonyl (C=O) groups excluding carboxylic acids is 1. The molecule has 2 heterocycles. The van der Waals surface area contributed by atoms with E-state index in [1.165, 1.54) is 0 Å². The summed E-state index contributed by atoms with van der Waals surface area (Å²) in [4.78, 5) is 19.2. The summed E-state index contributed by atoms with van der Waals surface area (Å²) < 4.78 is 79.5. The summed E-state index contributed by atoms with van der Waals surface area (Å²) in [6.45, 7) is 4.90. The molecule has 1 aliphatic heterocycles. The molecule has 1 saturated heterocycles. The Labute approximate surface area is 187 Å². The highest BCUT2D eigenvalue weighted by Gasteiger charge is 2.60. The van der Waals surface area contributed by atoms with Gasteiger partial charge in [-0.15, -0.1) is 0 Å². The number of nitrogens with zero attached hydrogens (tertiary/aromatic N) is 3. The standard InChI is InChI=1S/C22H23F6N3O2/c1-14-12-16(18-5-3-4-15(2)29-18)6-7-17(14)13-30-8-10-31(11-9-30)20(32)33-19(21(23,24)25)22(26,27)28/h3-7,12,19H,8-11,13H2,1-2H3. The van der Waals surface area contributed by atoms with Gasteiger partial charge in [0.15, 0.2) is 0 Å². The van der Waals surface area contributed by atoms with E-state index in [4.69, 9.17) is 0 Å². The minimum atomic E-state index is -5.73. The number of piperazine rings is 1. The van der Waals surface area contributed by atoms with Crippen molar-refractivity contribution < 1.29 is 35.9 Å². The van der Waals surface area contributed by atoms with E-state index in [-0.39, 0.29) is 13.1 Å². The average Bonchev–Trinajstić information content (AvgIpc) is 2.72. The van der Waals surface area contributed by atoms with Gasteiger partial charge in [0, 0.05) is 44.0 Å². The van der Waals surface area contributed by atoms with E-state index in [2.05, 4.69) is 9.72 Å². The van der Waals surface area contributed by atoms with Gasteiger partial charge in [-0.1, -0.05) is 18.2 Å². The Morgan fingerprint density at radius 1 is 1.00 bits per heavy atom. The van der Waals surface area contributed by atoms with Crippen LogP contribution in [0.2, 0.25) is 0 Å². The van der Waals surface area contributed by atoms with E-state index in [9.17, 15) is 31.1 Å². The molecule has 0 N–H and O–H groups in total. The van der Waals surface area contributed by atoms with Gasteiger partial charge in [-0.25, -0.2) is 4.79 Å². The van der Waals surface area contributed by atoms with Crippen LogP contribution in [0.1, 0.15) is 16.8 Å². The molecule has 0 unspecified atom stereocenters. The van der Waals surface area contributed by atoms with Gasteiger partial charge >= 0.3 is 18.4 Å². The Bertz CT molecular complexity index is 971. The molecular formula is C22H23F6N3O2. The first-order valence-electron chi connectivity index (χ1n) is 10.2. The monoisotopic (exact) mass is 475 g/mol. The molecule has 1 amide bonds. The number of aryl methyl sites for hydroxylation is 2. The number of aromatic nitrogens is 1. The predicted octanol–water partition coefficient (Wildman–Crippen LogP) is 5.11. The van der Waals surface area contributed by atoms with Crippen LogP contribution in [-0.2, 0) is 11.3 Å². The quantitative estimate of drug-likeness (QED) is 0.577. The van der Waals surface area contributed by atoms with Crippen LogP contribution >= 0.6 is 0 Å². The Hall–Kier alpha value is -2.82. The molecule has 0 atom stereocenters. The molecule has 1 aliphatic rings. The van der Waals surface area contributed by atoms with Crippen molar-refractivity contribution in [3.63, 3.8) is 0 Å². The average molecular weight is 475 g/mol. The van der Waals surface area contributed by atoms with E-state index in [1.54, 1.807) is 0 Å². The number of amides is 1. The Kier molecular flexibility index (Phi) is 7.20. The number of rotatable bonds is 4. The van der Waals surface area contributed by atoms with E-state index in [0.717, 1.165) is 33.0 Å². The van der Waals surface area contributed by atoms with Crippen LogP contribution in [-0.4, -0.2) is 65.5 Å². The normalized spacial score (nSPS) is 15.7. The van der Waals surface area contributed by atoms with E-state index < -0.39 is 24.5 Å². The summed E-state index contributed by atoms with van der Waals surface area (Å²) in [5, 5.41) is 0. The molecule has 11 heteroatoms. The summed E-state index contributed by atoms with van der Waals surface area (Å²) in [5.74, 6) is 0. The van der Waals surface area contributed by atoms with Gasteiger partial charge in [0.05, 0.1) is 5.69 Å². The number of ether oxygens (including phenoxy) is 1. The van der Waals surface area contributed by atoms with Crippen LogP contribution in [0.4, 0.5) is 31.1 Å². The zero-order valence-electron chi connectivity index (χ0n) is 18.0. The van der Waals surface area contributed by atoms with Crippen molar-refractivity contribution in [2.75, 3.05) is 26.2 Å². The van der Waals surface area contributed by atoms with Crippen LogP contribution in [0, 0.1) is 13.8 Å². The van der Waals surface area contributed by atoms with Gasteiger partial charge in [-0.05, 0) is 43.2 Å². The Morgan fingerprint density at radius 3 is 2.18 bits per heavy atom. The number of halogens is 6. The molecule has 3 rings (SSSR count). The third-order valence-electron chi connectivity index (χ3n) is 5.36. The van der Waals surface area contributed by atoms with Gasteiger partial charge in [0.25, 0.3) is 6.10 Å². The fourth-order valence-electron chi connectivity index (χ4n) is 3.56. The third-order valence-corrected chi connectivity index (χ3v) is 5.36. The van der Waals surface area contributed by atoms with Gasteiger partial charge in [-0.2, -0.15) is 26.3 Å². The molecular weight excluding hydrogens is 452 g/mol. The lowest BCUT2D eigenvalue weighted by atomic mass is 10.0. The van der Waals surface area contributed by atoms with Gasteiger partial charge in [-0.3, -0.25) is 9.88 Å². The minimum absolute atomic E-state index is 0.0361. The number of hydrogen-bond acceptors (Lipinski definition) is 4. The summed E-state index contributed by atoms with van der Waals surface area (Å²) >= 11 is 0. The second kappa shape index (κ2) is 9.58. The first-order chi connectivity index (χ1) is 15.3. The Balaban J connectivity index is 1.57. The van der Waals surface area contributed by atoms with Crippen LogP contribution in [0.25, 0.3) is 11.3 Å². The molecule has 2 aromatic rings. The fourth-order valence-corrected chi connectivity index (χ4v) is 3.56. The second-order valence-electron chi connectivity index (χ2n) is 7.92. The number of carbonyl (C=O) groups is 1. The van der Waals surface area contributed by atoms with Crippen molar-refractivity contribution in [3.05, 3.63) is 53.2 Å². The summed E-state index contributed by atoms with van der Waals surface area (Å²) in [6.07, 6.45) is -17.2. The number of pyridine rings is 1. The first kappa shape index (κ1) is 24.8. The maximum atomic E-state index is 12.6. The van der Waals surface area contributed by atoms with Crippen LogP contribution in [0.15, 0.2) is 36.4 Å². The summed E-state index contributed by atoms with van der Waals surface area (Å²) in [6, 6.07) is 11.7. The molecule has 33 heavy (non-hydrogen) atoms. The highest BCUT2D eigenvalue weighted by molar-refractivity contribution is 5.68. The summed E-state index contributed by atoms with van der Waals surface area (Å²) in [5.41, 5.74) is 4.78. The largest absolute Gasteiger partial charge is 0.434 e. The third kappa shape index (κ3) is 6.37. The number of hydrogen-bond donors (Lipinski definition) is 0. The molecule has 0 saturated carbocycles. The van der Waals surface area contributed by atoms with Crippen LogP contribution < -0.4 is 0 Å². The van der Waals surface area contributed by atoms with Gasteiger partial charge in [0.1, 0.15) is 0 Å². The second-order valence-corrected chi connectivity index (χ2v) is 7.92. The smallest absolute Gasteiger partial charge is 0.426 e. The van der Waals surface area contributed by atoms with Crippen molar-refractivity contribution in [2.45, 2.75) is 38.8 Å². The lowest BCUT2D eigenvalue weighted by Gasteiger charge is -2.35. The van der Waals surface area contributed by atoms with Crippen LogP contribution in [0.3, 0.4) is 0 Å². The van der Waals surface area contributed by atoms with Crippen molar-refractivity contribution in [2.24, 2.45) is 0 Å². The van der Waals surface area contributed by atoms with Crippen molar-refractivity contribution in [1.82, 2.24) is 14.8 Å². The lowest BCUT2D eigenvalue weighted by Crippen LogP contribution is -2.52. The molecule has 1 fully saturated rings. The number of alkyl halides is 6. The maximum Gasteiger partial charge on any atom is 0.434 e. The molecule has 1 aromatic heterocycles. The minimum Gasteiger partial charge on any atom is -0.426 e. The summed E-state index contributed by atoms with van der Waals surface area (Å²) in [7, 11) is 0. The zero-order chi connectivity index (χ0) is 24.4. The molecule has 0 bridgehead atoms. The van der Waals surface area contributed by atoms with Crippen molar-refractivity contribution >= 4 is 6.09 Å². The first-order valence-corrected chi connectivity index (χ1v) is 10.2. The maximum absolute atomic E-state index is 12.6. The van der Waals surface area contributed by atoms with Crippen LogP contribution in [0.5, 0.6) is 0 Å². The van der Waals surface area contributed by atoms with Crippen molar-refractivity contribution in [1.29, 1.82) is 0 Å². The highest BCUT2D eigenvalue weighted by Crippen LogP contribution is 2.36. The molecule has 5 nitrogen and oxygen atoms in total. The van der Waals surface area contributed by atoms with Gasteiger partial charge in [0.2, 0.25) is 0 Å². The SMILES string of the molecule is Cc1cccc(-c2ccc(CN3CCN(C(=O)OC(C(F)(F)F)C(F)(F)F)CC3)c(C)c2)n1. The molecule has 0 radical (unpaired) electrons. The highest BCUT2D eigenvalue weighted by atomic mass is 19.4. The molecule has 0 spiro atoms.